The molecule has 0 aromatic rings. The summed E-state index contributed by atoms with van der Waals surface area (Å²) in [6.45, 7) is 3.28. The van der Waals surface area contributed by atoms with Gasteiger partial charge in [0, 0.05) is 0 Å². The summed E-state index contributed by atoms with van der Waals surface area (Å²) in [4.78, 5) is 0. The van der Waals surface area contributed by atoms with Gasteiger partial charge >= 0.3 is 0 Å². The summed E-state index contributed by atoms with van der Waals surface area (Å²) in [6.07, 6.45) is 9.04. The first-order valence-corrected chi connectivity index (χ1v) is 6.81. The predicted octanol–water partition coefficient (Wildman–Crippen LogP) is 2.89. The van der Waals surface area contributed by atoms with E-state index >= 15 is 0 Å². The molecule has 0 heterocycles. The van der Waals surface area contributed by atoms with Crippen LogP contribution < -0.4 is 5.73 Å². The number of hydrogen-bond donors (Lipinski definition) is 1. The van der Waals surface area contributed by atoms with Crippen LogP contribution in [0.5, 0.6) is 0 Å². The lowest BCUT2D eigenvalue weighted by Gasteiger charge is -2.27. The third kappa shape index (κ3) is 3.17. The topological polar surface area (TPSA) is 26.0 Å². The largest absolute Gasteiger partial charge is 0.330 e. The van der Waals surface area contributed by atoms with E-state index in [1.165, 1.54) is 37.9 Å². The molecule has 0 saturated heterocycles. The van der Waals surface area contributed by atoms with Gasteiger partial charge in [-0.05, 0) is 55.6 Å². The molecule has 1 aliphatic carbocycles. The molecule has 2 unspecified atom stereocenters. The van der Waals surface area contributed by atoms with Gasteiger partial charge in [0.25, 0.3) is 0 Å². The molecule has 1 fully saturated rings. The minimum atomic E-state index is 0.523. The first kappa shape index (κ1) is 11.4. The smallest absolute Gasteiger partial charge is 0.00204 e. The maximum absolute atomic E-state index is 5.91. The van der Waals surface area contributed by atoms with Gasteiger partial charge in [0.05, 0.1) is 0 Å². The molecule has 0 aliphatic heterocycles. The first-order valence-electron chi connectivity index (χ1n) is 5.41. The van der Waals surface area contributed by atoms with Gasteiger partial charge in [-0.3, -0.25) is 0 Å². The van der Waals surface area contributed by atoms with E-state index in [2.05, 4.69) is 13.2 Å². The fourth-order valence-corrected chi connectivity index (χ4v) is 3.03. The lowest BCUT2D eigenvalue weighted by molar-refractivity contribution is 0.271. The summed E-state index contributed by atoms with van der Waals surface area (Å²) in [7, 11) is 0. The van der Waals surface area contributed by atoms with Crippen molar-refractivity contribution < 1.29 is 0 Å². The molecule has 1 aliphatic rings. The zero-order valence-corrected chi connectivity index (χ0v) is 9.83. The molecular formula is C11H23NS. The summed E-state index contributed by atoms with van der Waals surface area (Å²) < 4.78 is 0. The fraction of sp³-hybridized carbons (Fsp3) is 1.00. The molecule has 0 bridgehead atoms. The van der Waals surface area contributed by atoms with Crippen LogP contribution in [0.3, 0.4) is 0 Å². The first-order chi connectivity index (χ1) is 6.22. The van der Waals surface area contributed by atoms with Crippen molar-refractivity contribution in [2.75, 3.05) is 18.6 Å². The summed E-state index contributed by atoms with van der Waals surface area (Å²) >= 11 is 1.95. The van der Waals surface area contributed by atoms with Crippen LogP contribution in [0.1, 0.15) is 39.0 Å². The maximum Gasteiger partial charge on any atom is -0.00204 e. The van der Waals surface area contributed by atoms with Crippen LogP contribution in [0.15, 0.2) is 0 Å². The molecule has 1 rings (SSSR count). The van der Waals surface area contributed by atoms with E-state index in [4.69, 9.17) is 5.73 Å². The molecule has 2 N–H and O–H groups in total. The van der Waals surface area contributed by atoms with Crippen LogP contribution in [0.4, 0.5) is 0 Å². The second-order valence-corrected chi connectivity index (χ2v) is 5.63. The normalized spacial score (nSPS) is 33.9. The molecule has 0 aromatic heterocycles. The Morgan fingerprint density at radius 2 is 2.31 bits per heavy atom. The van der Waals surface area contributed by atoms with Gasteiger partial charge in [-0.25, -0.2) is 0 Å². The SMILES string of the molecule is CSCCCC1(CN)CCC(C)C1. The van der Waals surface area contributed by atoms with Crippen molar-refractivity contribution in [1.82, 2.24) is 0 Å². The van der Waals surface area contributed by atoms with Gasteiger partial charge in [-0.1, -0.05) is 13.3 Å². The lowest BCUT2D eigenvalue weighted by Crippen LogP contribution is -2.27. The second-order valence-electron chi connectivity index (χ2n) is 4.65. The summed E-state index contributed by atoms with van der Waals surface area (Å²) in [5.74, 6) is 2.22. The molecule has 78 valence electrons. The second kappa shape index (κ2) is 5.26. The number of hydrogen-bond acceptors (Lipinski definition) is 2. The predicted molar refractivity (Wildman–Crippen MR) is 62.1 cm³/mol. The van der Waals surface area contributed by atoms with Crippen molar-refractivity contribution in [3.05, 3.63) is 0 Å². The van der Waals surface area contributed by atoms with Crippen LogP contribution >= 0.6 is 11.8 Å². The van der Waals surface area contributed by atoms with Gasteiger partial charge in [0.1, 0.15) is 0 Å². The Morgan fingerprint density at radius 3 is 2.77 bits per heavy atom. The number of rotatable bonds is 5. The van der Waals surface area contributed by atoms with Crippen LogP contribution in [-0.4, -0.2) is 18.6 Å². The minimum absolute atomic E-state index is 0.523. The summed E-state index contributed by atoms with van der Waals surface area (Å²) in [5.41, 5.74) is 6.43. The zero-order chi connectivity index (χ0) is 9.73. The van der Waals surface area contributed by atoms with E-state index in [1.807, 2.05) is 11.8 Å². The molecule has 0 radical (unpaired) electrons. The fourth-order valence-electron chi connectivity index (χ4n) is 2.60. The van der Waals surface area contributed by atoms with Crippen LogP contribution in [-0.2, 0) is 0 Å². The van der Waals surface area contributed by atoms with Crippen LogP contribution in [0.25, 0.3) is 0 Å². The third-order valence-electron chi connectivity index (χ3n) is 3.44. The van der Waals surface area contributed by atoms with Crippen LogP contribution in [0.2, 0.25) is 0 Å². The molecule has 1 saturated carbocycles. The average molecular weight is 201 g/mol. The summed E-state index contributed by atoms with van der Waals surface area (Å²) in [5, 5.41) is 0. The van der Waals surface area contributed by atoms with E-state index < -0.39 is 0 Å². The summed E-state index contributed by atoms with van der Waals surface area (Å²) in [6, 6.07) is 0. The zero-order valence-electron chi connectivity index (χ0n) is 9.01. The molecule has 0 aromatic carbocycles. The van der Waals surface area contributed by atoms with E-state index in [1.54, 1.807) is 0 Å². The lowest BCUT2D eigenvalue weighted by atomic mass is 9.81. The van der Waals surface area contributed by atoms with Gasteiger partial charge < -0.3 is 5.73 Å². The minimum Gasteiger partial charge on any atom is -0.330 e. The van der Waals surface area contributed by atoms with E-state index in [0.29, 0.717) is 5.41 Å². The molecular weight excluding hydrogens is 178 g/mol. The average Bonchev–Trinajstić information content (AvgIpc) is 2.49. The van der Waals surface area contributed by atoms with Crippen molar-refractivity contribution in [3.8, 4) is 0 Å². The van der Waals surface area contributed by atoms with Gasteiger partial charge in [0.2, 0.25) is 0 Å². The Morgan fingerprint density at radius 1 is 1.54 bits per heavy atom. The highest BCUT2D eigenvalue weighted by atomic mass is 32.2. The highest BCUT2D eigenvalue weighted by Crippen LogP contribution is 2.44. The van der Waals surface area contributed by atoms with Gasteiger partial charge in [0.15, 0.2) is 0 Å². The Bertz CT molecular complexity index is 149. The third-order valence-corrected chi connectivity index (χ3v) is 4.13. The molecule has 1 nitrogen and oxygen atoms in total. The highest BCUT2D eigenvalue weighted by molar-refractivity contribution is 7.98. The van der Waals surface area contributed by atoms with E-state index in [0.717, 1.165) is 12.5 Å². The monoisotopic (exact) mass is 201 g/mol. The van der Waals surface area contributed by atoms with Gasteiger partial charge in [-0.15, -0.1) is 0 Å². The quantitative estimate of drug-likeness (QED) is 0.692. The molecule has 2 atom stereocenters. The van der Waals surface area contributed by atoms with Crippen molar-refractivity contribution in [3.63, 3.8) is 0 Å². The van der Waals surface area contributed by atoms with Gasteiger partial charge in [-0.2, -0.15) is 11.8 Å². The molecule has 0 spiro atoms. The molecule has 0 amide bonds. The molecule has 13 heavy (non-hydrogen) atoms. The highest BCUT2D eigenvalue weighted by Gasteiger charge is 2.35. The Hall–Kier alpha value is 0.310. The maximum atomic E-state index is 5.91. The van der Waals surface area contributed by atoms with Crippen LogP contribution in [0, 0.1) is 11.3 Å². The molecule has 2 heteroatoms. The Labute approximate surface area is 86.8 Å². The van der Waals surface area contributed by atoms with Crippen molar-refractivity contribution in [1.29, 1.82) is 0 Å². The number of thioether (sulfide) groups is 1. The van der Waals surface area contributed by atoms with E-state index in [9.17, 15) is 0 Å². The van der Waals surface area contributed by atoms with Crippen molar-refractivity contribution >= 4 is 11.8 Å². The Kier molecular flexibility index (Phi) is 4.60. The number of nitrogens with two attached hydrogens (primary N) is 1. The Balaban J connectivity index is 2.32. The van der Waals surface area contributed by atoms with Crippen molar-refractivity contribution in [2.45, 2.75) is 39.0 Å². The standard InChI is InChI=1S/C11H23NS/c1-10-4-6-11(8-10,9-12)5-3-7-13-2/h10H,3-9,12H2,1-2H3. The van der Waals surface area contributed by atoms with E-state index in [-0.39, 0.29) is 0 Å². The van der Waals surface area contributed by atoms with Crippen molar-refractivity contribution in [2.24, 2.45) is 17.1 Å².